The molecule has 87 valence electrons. The molecule has 3 heteroatoms. The average Bonchev–Trinajstić information content (AvgIpc) is 2.85. The molecular formula is C13H22NSiTi. The third kappa shape index (κ3) is 23.5. The molecule has 0 unspecified atom stereocenters. The minimum absolute atomic E-state index is 0. The predicted molar refractivity (Wildman–Crippen MR) is 72.9 cm³/mol. The zero-order chi connectivity index (χ0) is 9.78. The van der Waals surface area contributed by atoms with Gasteiger partial charge in [0.1, 0.15) is 0 Å². The molecule has 0 bridgehead atoms. The van der Waals surface area contributed by atoms with Crippen molar-refractivity contribution in [2.75, 3.05) is 0 Å². The molecule has 1 N–H and O–H groups in total. The van der Waals surface area contributed by atoms with Gasteiger partial charge in [-0.2, -0.15) is 24.4 Å². The summed E-state index contributed by atoms with van der Waals surface area (Å²) in [5.74, 6) is 0. The Labute approximate surface area is 119 Å². The summed E-state index contributed by atoms with van der Waals surface area (Å²) < 4.78 is 0. The molecule has 0 saturated carbocycles. The molecule has 1 aromatic rings. The minimum atomic E-state index is 0. The van der Waals surface area contributed by atoms with Crippen LogP contribution in [0.5, 0.6) is 0 Å². The van der Waals surface area contributed by atoms with E-state index < -0.39 is 0 Å². The van der Waals surface area contributed by atoms with E-state index in [4.69, 9.17) is 0 Å². The number of rotatable bonds is 0. The van der Waals surface area contributed by atoms with Gasteiger partial charge in [-0.3, -0.25) is 6.08 Å². The fourth-order valence-electron chi connectivity index (χ4n) is 0.581. The second-order valence-corrected chi connectivity index (χ2v) is 3.55. The Morgan fingerprint density at radius 1 is 1.25 bits per heavy atom. The maximum Gasteiger partial charge on any atom is 4.00 e. The summed E-state index contributed by atoms with van der Waals surface area (Å²) in [5.41, 5.74) is 0. The summed E-state index contributed by atoms with van der Waals surface area (Å²) in [4.78, 5) is 2.74. The van der Waals surface area contributed by atoms with Crippen LogP contribution in [-0.4, -0.2) is 14.5 Å². The van der Waals surface area contributed by atoms with E-state index >= 15 is 0 Å². The van der Waals surface area contributed by atoms with Crippen molar-refractivity contribution in [3.63, 3.8) is 0 Å². The average molecular weight is 268 g/mol. The zero-order valence-corrected chi connectivity index (χ0v) is 13.5. The van der Waals surface area contributed by atoms with Crippen molar-refractivity contribution < 1.29 is 21.7 Å². The molecule has 1 aliphatic rings. The number of aromatic nitrogens is 1. The van der Waals surface area contributed by atoms with Crippen LogP contribution < -0.4 is 0 Å². The number of nitrogens with one attached hydrogen (secondary N) is 1. The van der Waals surface area contributed by atoms with Crippen molar-refractivity contribution in [2.24, 2.45) is 0 Å². The monoisotopic (exact) mass is 268 g/mol. The summed E-state index contributed by atoms with van der Waals surface area (Å²) >= 11 is 0. The normalized spacial score (nSPS) is 9.12. The quantitative estimate of drug-likeness (QED) is 0.547. The minimum Gasteiger partial charge on any atom is -0.484 e. The van der Waals surface area contributed by atoms with Gasteiger partial charge in [-0.15, -0.1) is 12.6 Å². The van der Waals surface area contributed by atoms with E-state index in [1.165, 1.54) is 0 Å². The van der Waals surface area contributed by atoms with E-state index in [9.17, 15) is 0 Å². The maximum absolute atomic E-state index is 2.99. The first-order chi connectivity index (χ1) is 6.41. The molecule has 0 saturated heterocycles. The van der Waals surface area contributed by atoms with E-state index in [2.05, 4.69) is 36.4 Å². The maximum atomic E-state index is 2.99. The molecular weight excluding hydrogens is 246 g/mol. The molecule has 1 nitrogen and oxygen atoms in total. The first-order valence-electron chi connectivity index (χ1n) is 4.37. The second kappa shape index (κ2) is 24.1. The second-order valence-electron chi connectivity index (χ2n) is 2.39. The van der Waals surface area contributed by atoms with E-state index in [1.807, 2.05) is 30.5 Å². The molecule has 0 spiro atoms. The summed E-state index contributed by atoms with van der Waals surface area (Å²) in [5, 5.41) is 0. The molecule has 2 rings (SSSR count). The third-order valence-corrected chi connectivity index (χ3v) is 1.03. The topological polar surface area (TPSA) is 15.8 Å². The Hall–Kier alpha value is -0.309. The molecule has 0 amide bonds. The van der Waals surface area contributed by atoms with Gasteiger partial charge in [0, 0.05) is 9.52 Å². The van der Waals surface area contributed by atoms with Gasteiger partial charge >= 0.3 is 21.7 Å². The molecule has 1 aromatic heterocycles. The van der Waals surface area contributed by atoms with Crippen LogP contribution >= 0.6 is 0 Å². The van der Waals surface area contributed by atoms with Crippen LogP contribution in [0.1, 0.15) is 6.42 Å². The number of H-pyrrole nitrogens is 1. The number of allylic oxidation sites excluding steroid dienone is 4. The first kappa shape index (κ1) is 24.8. The van der Waals surface area contributed by atoms with Crippen molar-refractivity contribution in [2.45, 2.75) is 19.5 Å². The van der Waals surface area contributed by atoms with Crippen LogP contribution in [-0.2, 0) is 21.7 Å². The van der Waals surface area contributed by atoms with Crippen molar-refractivity contribution in [1.29, 1.82) is 0 Å². The standard InChI is InChI=1S/C5H5.C4H4N.C2H7Si.2CH3.Ti/c2*1-2-4-5-3-1;1-3-2;;;/h1-3H,4H2;1-3,5H;3H,1-2H3;2*1H3;/q2*-1;;2*-1;+4. The molecule has 0 fully saturated rings. The summed E-state index contributed by atoms with van der Waals surface area (Å²) in [6, 6.07) is 3.71. The van der Waals surface area contributed by atoms with E-state index in [0.29, 0.717) is 0 Å². The zero-order valence-electron chi connectivity index (χ0n) is 10.7. The van der Waals surface area contributed by atoms with Gasteiger partial charge in [-0.05, 0) is 0 Å². The third-order valence-electron chi connectivity index (χ3n) is 1.03. The largest absolute Gasteiger partial charge is 4.00 e. The smallest absolute Gasteiger partial charge is 0.484 e. The van der Waals surface area contributed by atoms with Crippen molar-refractivity contribution in [3.8, 4) is 0 Å². The van der Waals surface area contributed by atoms with Crippen LogP contribution in [0.4, 0.5) is 0 Å². The number of hydrogen-bond acceptors (Lipinski definition) is 0. The Morgan fingerprint density at radius 3 is 2.00 bits per heavy atom. The van der Waals surface area contributed by atoms with Gasteiger partial charge in [0.25, 0.3) is 0 Å². The Balaban J connectivity index is -0.0000000638. The Bertz CT molecular complexity index is 191. The molecule has 1 radical (unpaired) electrons. The molecule has 0 aliphatic heterocycles. The van der Waals surface area contributed by atoms with Gasteiger partial charge in [0.05, 0.1) is 0 Å². The molecule has 0 atom stereocenters. The summed E-state index contributed by atoms with van der Waals surface area (Å²) in [6.07, 6.45) is 14.6. The predicted octanol–water partition coefficient (Wildman–Crippen LogP) is 3.54. The van der Waals surface area contributed by atoms with E-state index in [1.54, 1.807) is 0 Å². The molecule has 16 heavy (non-hydrogen) atoms. The van der Waals surface area contributed by atoms with Crippen LogP contribution in [0, 0.1) is 27.1 Å². The van der Waals surface area contributed by atoms with Crippen LogP contribution in [0.25, 0.3) is 0 Å². The summed E-state index contributed by atoms with van der Waals surface area (Å²) in [6.45, 7) is 4.42. The van der Waals surface area contributed by atoms with Crippen LogP contribution in [0.3, 0.4) is 0 Å². The SMILES string of the molecule is C[SiH]C.[C-]1=CC=CC1.[CH3-].[CH3-].[Ti+4].[c-]1ccc[nH]1. The van der Waals surface area contributed by atoms with Gasteiger partial charge in [0.2, 0.25) is 0 Å². The number of aromatic amines is 1. The van der Waals surface area contributed by atoms with Crippen molar-refractivity contribution in [3.05, 3.63) is 63.7 Å². The van der Waals surface area contributed by atoms with Gasteiger partial charge in [-0.1, -0.05) is 13.1 Å². The molecule has 1 heterocycles. The number of hydrogen-bond donors (Lipinski definition) is 1. The van der Waals surface area contributed by atoms with Crippen LogP contribution in [0.15, 0.2) is 36.6 Å². The van der Waals surface area contributed by atoms with Gasteiger partial charge in [-0.25, -0.2) is 12.2 Å². The van der Waals surface area contributed by atoms with Gasteiger partial charge < -0.3 is 19.8 Å². The summed E-state index contributed by atoms with van der Waals surface area (Å²) in [7, 11) is 0.750. The van der Waals surface area contributed by atoms with Crippen molar-refractivity contribution in [1.82, 2.24) is 4.98 Å². The van der Waals surface area contributed by atoms with Gasteiger partial charge in [0.15, 0.2) is 0 Å². The van der Waals surface area contributed by atoms with Crippen LogP contribution in [0.2, 0.25) is 13.1 Å². The van der Waals surface area contributed by atoms with E-state index in [0.717, 1.165) is 15.9 Å². The first-order valence-corrected chi connectivity index (χ1v) is 6.68. The Morgan fingerprint density at radius 2 is 1.88 bits per heavy atom. The molecule has 0 aromatic carbocycles. The molecule has 1 aliphatic carbocycles. The van der Waals surface area contributed by atoms with Crippen molar-refractivity contribution >= 4 is 9.52 Å². The fraction of sp³-hybridized carbons (Fsp3) is 0.231. The fourth-order valence-corrected chi connectivity index (χ4v) is 0.581. The van der Waals surface area contributed by atoms with E-state index in [-0.39, 0.29) is 36.6 Å². The Kier molecular flexibility index (Phi) is 37.3.